The molecule has 0 radical (unpaired) electrons. The van der Waals surface area contributed by atoms with E-state index in [2.05, 4.69) is 20.0 Å². The first-order valence-corrected chi connectivity index (χ1v) is 7.52. The van der Waals surface area contributed by atoms with Gasteiger partial charge in [0, 0.05) is 11.5 Å². The van der Waals surface area contributed by atoms with E-state index in [-0.39, 0.29) is 10.8 Å². The summed E-state index contributed by atoms with van der Waals surface area (Å²) in [7, 11) is 0. The predicted molar refractivity (Wildman–Crippen MR) is 75.8 cm³/mol. The molecule has 0 spiro atoms. The van der Waals surface area contributed by atoms with E-state index in [0.29, 0.717) is 5.16 Å². The van der Waals surface area contributed by atoms with Gasteiger partial charge in [-0.25, -0.2) is 4.79 Å². The highest BCUT2D eigenvalue weighted by Gasteiger charge is 2.33. The molecule has 0 aliphatic carbocycles. The fraction of sp³-hybridized carbons (Fsp3) is 0.182. The van der Waals surface area contributed by atoms with Crippen molar-refractivity contribution in [2.45, 2.75) is 11.3 Å². The number of amides is 2. The number of hydrogen-bond donors (Lipinski definition) is 2. The Morgan fingerprint density at radius 3 is 2.62 bits per heavy atom. The molecule has 0 saturated carbocycles. The van der Waals surface area contributed by atoms with Gasteiger partial charge in [0.2, 0.25) is 10.3 Å². The average molecular weight is 334 g/mol. The Balaban J connectivity index is 2.09. The standard InChI is InChI=1S/C11H9F3N4OS2/c1-20-10-17-9(21-18-10)16-8(19)15-7-5-3-2-4-6(7)11(12,13)14/h2-5H,1H3,(H2,15,16,17,18,19). The molecule has 10 heteroatoms. The molecule has 0 bridgehead atoms. The summed E-state index contributed by atoms with van der Waals surface area (Å²) in [5.41, 5.74) is -1.24. The highest BCUT2D eigenvalue weighted by molar-refractivity contribution is 7.98. The molecule has 1 heterocycles. The minimum absolute atomic E-state index is 0.210. The van der Waals surface area contributed by atoms with E-state index in [9.17, 15) is 18.0 Å². The first-order valence-electron chi connectivity index (χ1n) is 5.52. The van der Waals surface area contributed by atoms with Crippen molar-refractivity contribution in [1.82, 2.24) is 9.36 Å². The summed E-state index contributed by atoms with van der Waals surface area (Å²) >= 11 is 2.24. The molecule has 2 aromatic rings. The van der Waals surface area contributed by atoms with Gasteiger partial charge in [-0.2, -0.15) is 22.5 Å². The number of hydrogen-bond acceptors (Lipinski definition) is 5. The van der Waals surface area contributed by atoms with E-state index in [1.54, 1.807) is 6.26 Å². The molecule has 0 atom stereocenters. The molecular weight excluding hydrogens is 325 g/mol. The number of aromatic nitrogens is 2. The van der Waals surface area contributed by atoms with Gasteiger partial charge in [0.15, 0.2) is 0 Å². The van der Waals surface area contributed by atoms with Crippen LogP contribution in [-0.4, -0.2) is 21.6 Å². The summed E-state index contributed by atoms with van der Waals surface area (Å²) in [5.74, 6) is 0. The molecule has 2 amide bonds. The van der Waals surface area contributed by atoms with Crippen LogP contribution < -0.4 is 10.6 Å². The largest absolute Gasteiger partial charge is 0.418 e. The molecule has 5 nitrogen and oxygen atoms in total. The Morgan fingerprint density at radius 1 is 1.29 bits per heavy atom. The summed E-state index contributed by atoms with van der Waals surface area (Å²) in [6, 6.07) is 3.92. The second-order valence-corrected chi connectivity index (χ2v) is 5.23. The number of halogens is 3. The van der Waals surface area contributed by atoms with Crippen molar-refractivity contribution < 1.29 is 18.0 Å². The van der Waals surface area contributed by atoms with Crippen LogP contribution in [0.2, 0.25) is 0 Å². The lowest BCUT2D eigenvalue weighted by Crippen LogP contribution is -2.21. The van der Waals surface area contributed by atoms with Crippen LogP contribution in [0, 0.1) is 0 Å². The predicted octanol–water partition coefficient (Wildman–Crippen LogP) is 3.92. The highest BCUT2D eigenvalue weighted by atomic mass is 32.2. The van der Waals surface area contributed by atoms with E-state index in [0.717, 1.165) is 17.6 Å². The zero-order valence-electron chi connectivity index (χ0n) is 10.6. The van der Waals surface area contributed by atoms with Gasteiger partial charge in [-0.3, -0.25) is 5.32 Å². The summed E-state index contributed by atoms with van der Waals surface area (Å²) in [6.45, 7) is 0. The number of alkyl halides is 3. The lowest BCUT2D eigenvalue weighted by Gasteiger charge is -2.13. The quantitative estimate of drug-likeness (QED) is 0.835. The molecular formula is C11H9F3N4OS2. The van der Waals surface area contributed by atoms with E-state index in [1.807, 2.05) is 0 Å². The second kappa shape index (κ2) is 6.31. The van der Waals surface area contributed by atoms with E-state index < -0.39 is 17.8 Å². The minimum Gasteiger partial charge on any atom is -0.307 e. The molecule has 0 unspecified atom stereocenters. The maximum atomic E-state index is 12.8. The third-order valence-electron chi connectivity index (χ3n) is 2.29. The molecule has 1 aromatic carbocycles. The molecule has 2 rings (SSSR count). The lowest BCUT2D eigenvalue weighted by atomic mass is 10.1. The smallest absolute Gasteiger partial charge is 0.307 e. The number of carbonyl (C=O) groups is 1. The van der Waals surface area contributed by atoms with Gasteiger partial charge in [0.1, 0.15) is 0 Å². The third kappa shape index (κ3) is 4.08. The van der Waals surface area contributed by atoms with Gasteiger partial charge in [-0.15, -0.1) is 0 Å². The number of nitrogens with zero attached hydrogens (tertiary/aromatic N) is 2. The molecule has 1 aromatic heterocycles. The van der Waals surface area contributed by atoms with Crippen LogP contribution in [0.5, 0.6) is 0 Å². The number of urea groups is 1. The van der Waals surface area contributed by atoms with Crippen molar-refractivity contribution in [3.8, 4) is 0 Å². The van der Waals surface area contributed by atoms with Gasteiger partial charge < -0.3 is 5.32 Å². The monoisotopic (exact) mass is 334 g/mol. The number of carbonyl (C=O) groups excluding carboxylic acids is 1. The Kier molecular flexibility index (Phi) is 4.68. The minimum atomic E-state index is -4.54. The number of benzene rings is 1. The summed E-state index contributed by atoms with van der Waals surface area (Å²) in [6.07, 6.45) is -2.77. The molecule has 2 N–H and O–H groups in total. The summed E-state index contributed by atoms with van der Waals surface area (Å²) in [4.78, 5) is 15.7. The average Bonchev–Trinajstić information content (AvgIpc) is 2.85. The Hall–Kier alpha value is -1.81. The first-order chi connectivity index (χ1) is 9.90. The molecule has 0 aliphatic heterocycles. The van der Waals surface area contributed by atoms with Crippen molar-refractivity contribution in [2.24, 2.45) is 0 Å². The van der Waals surface area contributed by atoms with Gasteiger partial charge in [-0.05, 0) is 18.4 Å². The number of anilines is 2. The molecule has 0 fully saturated rings. The Morgan fingerprint density at radius 2 is 2.00 bits per heavy atom. The van der Waals surface area contributed by atoms with Crippen molar-refractivity contribution in [1.29, 1.82) is 0 Å². The molecule has 0 aliphatic rings. The molecule has 0 saturated heterocycles. The fourth-order valence-corrected chi connectivity index (χ4v) is 2.55. The molecule has 21 heavy (non-hydrogen) atoms. The van der Waals surface area contributed by atoms with E-state index in [1.165, 1.54) is 30.0 Å². The van der Waals surface area contributed by atoms with Gasteiger partial charge in [0.25, 0.3) is 0 Å². The van der Waals surface area contributed by atoms with Crippen LogP contribution in [0.25, 0.3) is 0 Å². The van der Waals surface area contributed by atoms with Crippen LogP contribution in [0.1, 0.15) is 5.56 Å². The van der Waals surface area contributed by atoms with Crippen molar-refractivity contribution >= 4 is 40.1 Å². The maximum absolute atomic E-state index is 12.8. The zero-order valence-corrected chi connectivity index (χ0v) is 12.2. The van der Waals surface area contributed by atoms with Crippen molar-refractivity contribution in [3.05, 3.63) is 29.8 Å². The highest BCUT2D eigenvalue weighted by Crippen LogP contribution is 2.34. The van der Waals surface area contributed by atoms with Crippen molar-refractivity contribution in [2.75, 3.05) is 16.9 Å². The summed E-state index contributed by atoms with van der Waals surface area (Å²) in [5, 5.41) is 5.18. The maximum Gasteiger partial charge on any atom is 0.418 e. The third-order valence-corrected chi connectivity index (χ3v) is 3.58. The van der Waals surface area contributed by atoms with Crippen LogP contribution in [0.4, 0.5) is 28.8 Å². The summed E-state index contributed by atoms with van der Waals surface area (Å²) < 4.78 is 42.3. The van der Waals surface area contributed by atoms with Crippen LogP contribution >= 0.6 is 23.3 Å². The Labute approximate surface area is 126 Å². The SMILES string of the molecule is CSc1nsc(NC(=O)Nc2ccccc2C(F)(F)F)n1. The van der Waals surface area contributed by atoms with Crippen LogP contribution in [0.15, 0.2) is 29.4 Å². The topological polar surface area (TPSA) is 66.9 Å². The number of rotatable bonds is 3. The van der Waals surface area contributed by atoms with Crippen LogP contribution in [0.3, 0.4) is 0 Å². The van der Waals surface area contributed by atoms with Crippen molar-refractivity contribution in [3.63, 3.8) is 0 Å². The van der Waals surface area contributed by atoms with Gasteiger partial charge in [-0.1, -0.05) is 23.9 Å². The normalized spacial score (nSPS) is 11.2. The number of para-hydroxylation sites is 1. The second-order valence-electron chi connectivity index (χ2n) is 3.71. The van der Waals surface area contributed by atoms with E-state index >= 15 is 0 Å². The Bertz CT molecular complexity index is 644. The number of nitrogens with one attached hydrogen (secondary N) is 2. The van der Waals surface area contributed by atoms with E-state index in [4.69, 9.17) is 0 Å². The fourth-order valence-electron chi connectivity index (χ4n) is 1.43. The first kappa shape index (κ1) is 15.6. The lowest BCUT2D eigenvalue weighted by molar-refractivity contribution is -0.136. The van der Waals surface area contributed by atoms with Gasteiger partial charge >= 0.3 is 12.2 Å². The van der Waals surface area contributed by atoms with Gasteiger partial charge in [0.05, 0.1) is 11.3 Å². The molecule has 112 valence electrons. The van der Waals surface area contributed by atoms with Crippen LogP contribution in [-0.2, 0) is 6.18 Å². The zero-order chi connectivity index (χ0) is 15.5. The number of thioether (sulfide) groups is 1.